The second kappa shape index (κ2) is 7.81. The molecule has 0 aliphatic heterocycles. The summed E-state index contributed by atoms with van der Waals surface area (Å²) in [7, 11) is 0. The van der Waals surface area contributed by atoms with Gasteiger partial charge in [-0.2, -0.15) is 5.10 Å². The average Bonchev–Trinajstić information content (AvgIpc) is 2.63. The summed E-state index contributed by atoms with van der Waals surface area (Å²) in [5.41, 5.74) is 3.80. The molecule has 25 heavy (non-hydrogen) atoms. The standard InChI is InChI=1S/C20H17ClN2O2/c1-2-25-19-11-10-14-6-3-4-9-17(14)18(19)13-22-23-20(24)15-7-5-8-16(21)12-15/h3-13H,2H2,1H3,(H,23,24)/b22-13-. The van der Waals surface area contributed by atoms with Gasteiger partial charge in [-0.15, -0.1) is 0 Å². The number of fused-ring (bicyclic) bond motifs is 1. The number of benzene rings is 3. The van der Waals surface area contributed by atoms with Crippen molar-refractivity contribution >= 4 is 34.5 Å². The average molecular weight is 353 g/mol. The van der Waals surface area contributed by atoms with E-state index in [9.17, 15) is 4.79 Å². The predicted octanol–water partition coefficient (Wildman–Crippen LogP) is 4.66. The lowest BCUT2D eigenvalue weighted by Crippen LogP contribution is -2.17. The number of amides is 1. The molecule has 0 heterocycles. The lowest BCUT2D eigenvalue weighted by Gasteiger charge is -2.10. The first-order chi connectivity index (χ1) is 12.2. The highest BCUT2D eigenvalue weighted by Gasteiger charge is 2.08. The van der Waals surface area contributed by atoms with E-state index in [1.165, 1.54) is 0 Å². The van der Waals surface area contributed by atoms with Crippen molar-refractivity contribution in [2.75, 3.05) is 6.61 Å². The summed E-state index contributed by atoms with van der Waals surface area (Å²) in [6.07, 6.45) is 1.61. The van der Waals surface area contributed by atoms with Gasteiger partial charge in [-0.25, -0.2) is 5.43 Å². The van der Waals surface area contributed by atoms with Crippen molar-refractivity contribution in [3.63, 3.8) is 0 Å². The lowest BCUT2D eigenvalue weighted by atomic mass is 10.0. The Morgan fingerprint density at radius 1 is 1.16 bits per heavy atom. The number of hydrogen-bond donors (Lipinski definition) is 1. The van der Waals surface area contributed by atoms with Crippen molar-refractivity contribution in [2.24, 2.45) is 5.10 Å². The number of carbonyl (C=O) groups excluding carboxylic acids is 1. The molecule has 3 aromatic carbocycles. The third kappa shape index (κ3) is 3.98. The molecule has 3 rings (SSSR count). The summed E-state index contributed by atoms with van der Waals surface area (Å²) in [4.78, 5) is 12.1. The summed E-state index contributed by atoms with van der Waals surface area (Å²) in [5, 5.41) is 6.68. The van der Waals surface area contributed by atoms with E-state index in [1.807, 2.05) is 43.3 Å². The molecule has 0 aliphatic rings. The van der Waals surface area contributed by atoms with Gasteiger partial charge in [-0.1, -0.05) is 48.0 Å². The fourth-order valence-electron chi connectivity index (χ4n) is 2.54. The minimum atomic E-state index is -0.322. The van der Waals surface area contributed by atoms with Crippen LogP contribution in [0.4, 0.5) is 0 Å². The van der Waals surface area contributed by atoms with Crippen LogP contribution in [-0.4, -0.2) is 18.7 Å². The van der Waals surface area contributed by atoms with Crippen molar-refractivity contribution in [3.8, 4) is 5.75 Å². The zero-order valence-corrected chi connectivity index (χ0v) is 14.5. The number of nitrogens with one attached hydrogen (secondary N) is 1. The Morgan fingerprint density at radius 2 is 2.00 bits per heavy atom. The quantitative estimate of drug-likeness (QED) is 0.536. The maximum atomic E-state index is 12.1. The summed E-state index contributed by atoms with van der Waals surface area (Å²) in [5.74, 6) is 0.402. The van der Waals surface area contributed by atoms with Gasteiger partial charge in [-0.05, 0) is 42.0 Å². The minimum Gasteiger partial charge on any atom is -0.493 e. The molecule has 1 amide bonds. The van der Waals surface area contributed by atoms with Crippen molar-refractivity contribution in [3.05, 3.63) is 76.8 Å². The maximum absolute atomic E-state index is 12.1. The van der Waals surface area contributed by atoms with Crippen molar-refractivity contribution in [1.29, 1.82) is 0 Å². The number of carbonyl (C=O) groups is 1. The molecule has 1 N–H and O–H groups in total. The highest BCUT2D eigenvalue weighted by Crippen LogP contribution is 2.26. The van der Waals surface area contributed by atoms with E-state index in [4.69, 9.17) is 16.3 Å². The van der Waals surface area contributed by atoms with Crippen LogP contribution in [-0.2, 0) is 0 Å². The smallest absolute Gasteiger partial charge is 0.271 e. The Balaban J connectivity index is 1.87. The molecule has 0 atom stereocenters. The van der Waals surface area contributed by atoms with Crippen LogP contribution in [0.3, 0.4) is 0 Å². The van der Waals surface area contributed by atoms with Crippen molar-refractivity contribution in [1.82, 2.24) is 5.43 Å². The molecule has 0 aromatic heterocycles. The van der Waals surface area contributed by atoms with E-state index in [1.54, 1.807) is 30.5 Å². The Hall–Kier alpha value is -2.85. The van der Waals surface area contributed by atoms with Crippen LogP contribution in [0.1, 0.15) is 22.8 Å². The van der Waals surface area contributed by atoms with Gasteiger partial charge in [0, 0.05) is 16.1 Å². The Labute approximate surface area is 151 Å². The normalized spacial score (nSPS) is 11.0. The van der Waals surface area contributed by atoms with E-state index in [-0.39, 0.29) is 5.91 Å². The van der Waals surface area contributed by atoms with Crippen LogP contribution < -0.4 is 10.2 Å². The summed E-state index contributed by atoms with van der Waals surface area (Å²) >= 11 is 5.90. The van der Waals surface area contributed by atoms with Crippen LogP contribution in [0, 0.1) is 0 Å². The molecular formula is C20H17ClN2O2. The molecule has 0 radical (unpaired) electrons. The van der Waals surface area contributed by atoms with Gasteiger partial charge in [-0.3, -0.25) is 4.79 Å². The van der Waals surface area contributed by atoms with Gasteiger partial charge in [0.2, 0.25) is 0 Å². The van der Waals surface area contributed by atoms with E-state index in [2.05, 4.69) is 10.5 Å². The first-order valence-electron chi connectivity index (χ1n) is 7.92. The molecule has 0 saturated heterocycles. The van der Waals surface area contributed by atoms with Gasteiger partial charge in [0.05, 0.1) is 12.8 Å². The Kier molecular flexibility index (Phi) is 5.31. The fourth-order valence-corrected chi connectivity index (χ4v) is 2.73. The molecular weight excluding hydrogens is 336 g/mol. The van der Waals surface area contributed by atoms with E-state index >= 15 is 0 Å². The highest BCUT2D eigenvalue weighted by atomic mass is 35.5. The zero-order chi connectivity index (χ0) is 17.6. The van der Waals surface area contributed by atoms with E-state index in [0.29, 0.717) is 17.2 Å². The summed E-state index contributed by atoms with van der Waals surface area (Å²) in [6.45, 7) is 2.48. The molecule has 0 spiro atoms. The van der Waals surface area contributed by atoms with Gasteiger partial charge in [0.25, 0.3) is 5.91 Å². The highest BCUT2D eigenvalue weighted by molar-refractivity contribution is 6.30. The topological polar surface area (TPSA) is 50.7 Å². The second-order valence-corrected chi connectivity index (χ2v) is 5.78. The monoisotopic (exact) mass is 352 g/mol. The number of ether oxygens (including phenoxy) is 1. The van der Waals surface area contributed by atoms with Crippen LogP contribution in [0.25, 0.3) is 10.8 Å². The molecule has 0 aliphatic carbocycles. The molecule has 5 heteroatoms. The van der Waals surface area contributed by atoms with Gasteiger partial charge in [0.15, 0.2) is 0 Å². The number of halogens is 1. The minimum absolute atomic E-state index is 0.322. The van der Waals surface area contributed by atoms with E-state index in [0.717, 1.165) is 22.1 Å². The molecule has 0 unspecified atom stereocenters. The first kappa shape index (κ1) is 17.0. The molecule has 0 fully saturated rings. The number of hydrogen-bond acceptors (Lipinski definition) is 3. The Morgan fingerprint density at radius 3 is 2.80 bits per heavy atom. The fraction of sp³-hybridized carbons (Fsp3) is 0.100. The van der Waals surface area contributed by atoms with Gasteiger partial charge in [0.1, 0.15) is 5.75 Å². The predicted molar refractivity (Wildman–Crippen MR) is 102 cm³/mol. The van der Waals surface area contributed by atoms with E-state index < -0.39 is 0 Å². The summed E-state index contributed by atoms with van der Waals surface area (Å²) in [6, 6.07) is 18.6. The van der Waals surface area contributed by atoms with Crippen LogP contribution >= 0.6 is 11.6 Å². The van der Waals surface area contributed by atoms with Crippen molar-refractivity contribution < 1.29 is 9.53 Å². The van der Waals surface area contributed by atoms with Crippen LogP contribution in [0.2, 0.25) is 5.02 Å². The Bertz CT molecular complexity index is 938. The molecule has 4 nitrogen and oxygen atoms in total. The molecule has 126 valence electrons. The number of nitrogens with zero attached hydrogens (tertiary/aromatic N) is 1. The second-order valence-electron chi connectivity index (χ2n) is 5.34. The maximum Gasteiger partial charge on any atom is 0.271 e. The number of rotatable bonds is 5. The number of hydrazone groups is 1. The van der Waals surface area contributed by atoms with Gasteiger partial charge < -0.3 is 4.74 Å². The third-order valence-electron chi connectivity index (χ3n) is 3.68. The lowest BCUT2D eigenvalue weighted by molar-refractivity contribution is 0.0955. The SMILES string of the molecule is CCOc1ccc2ccccc2c1/C=N\NC(=O)c1cccc(Cl)c1. The molecule has 0 bridgehead atoms. The van der Waals surface area contributed by atoms with Gasteiger partial charge >= 0.3 is 0 Å². The third-order valence-corrected chi connectivity index (χ3v) is 3.91. The van der Waals surface area contributed by atoms with Crippen LogP contribution in [0.5, 0.6) is 5.75 Å². The molecule has 3 aromatic rings. The largest absolute Gasteiger partial charge is 0.493 e. The zero-order valence-electron chi connectivity index (χ0n) is 13.7. The van der Waals surface area contributed by atoms with Crippen LogP contribution in [0.15, 0.2) is 65.8 Å². The summed E-state index contributed by atoms with van der Waals surface area (Å²) < 4.78 is 5.68. The molecule has 0 saturated carbocycles. The first-order valence-corrected chi connectivity index (χ1v) is 8.30. The van der Waals surface area contributed by atoms with Crippen molar-refractivity contribution in [2.45, 2.75) is 6.92 Å².